The van der Waals surface area contributed by atoms with Crippen molar-refractivity contribution in [2.45, 2.75) is 32.6 Å². The number of carboxylic acid groups (broad SMARTS) is 1. The van der Waals surface area contributed by atoms with Crippen LogP contribution in [0.2, 0.25) is 5.02 Å². The summed E-state index contributed by atoms with van der Waals surface area (Å²) in [5.41, 5.74) is 3.99. The third kappa shape index (κ3) is 5.87. The molecule has 0 atom stereocenters. The molecule has 0 saturated heterocycles. The van der Waals surface area contributed by atoms with Crippen molar-refractivity contribution in [1.82, 2.24) is 4.98 Å². The van der Waals surface area contributed by atoms with Crippen LogP contribution in [0, 0.1) is 6.92 Å². The Kier molecular flexibility index (Phi) is 8.65. The molecule has 1 aromatic heterocycles. The zero-order chi connectivity index (χ0) is 21.8. The molecule has 32 heavy (non-hydrogen) atoms. The summed E-state index contributed by atoms with van der Waals surface area (Å²) in [6.45, 7) is 3.78. The first-order valence-corrected chi connectivity index (χ1v) is 10.8. The van der Waals surface area contributed by atoms with E-state index in [1.165, 1.54) is 0 Å². The molecule has 0 amide bonds. The van der Waals surface area contributed by atoms with E-state index >= 15 is 0 Å². The van der Waals surface area contributed by atoms with Gasteiger partial charge >= 0.3 is 35.5 Å². The van der Waals surface area contributed by atoms with E-state index in [4.69, 9.17) is 25.9 Å². The van der Waals surface area contributed by atoms with E-state index in [1.807, 2.05) is 49.4 Å². The number of halogens is 1. The Balaban J connectivity index is 0.00000289. The summed E-state index contributed by atoms with van der Waals surface area (Å²) in [6, 6.07) is 13.4. The van der Waals surface area contributed by atoms with Crippen LogP contribution in [0.1, 0.15) is 29.9 Å². The zero-order valence-corrected chi connectivity index (χ0v) is 18.2. The number of ether oxygens (including phenoxy) is 1. The number of rotatable bonds is 8. The number of hydrogen-bond acceptors (Lipinski definition) is 5. The molecule has 2 heterocycles. The first-order chi connectivity index (χ1) is 15.0. The first kappa shape index (κ1) is 24.6. The van der Waals surface area contributed by atoms with Crippen molar-refractivity contribution in [3.05, 3.63) is 64.5 Å². The molecule has 0 saturated carbocycles. The average molecular weight is 465 g/mol. The molecule has 2 aromatic carbocycles. The minimum atomic E-state index is -0.777. The van der Waals surface area contributed by atoms with E-state index in [2.05, 4.69) is 9.88 Å². The molecule has 1 N–H and O–H groups in total. The van der Waals surface area contributed by atoms with Crippen LogP contribution < -0.4 is 9.64 Å². The van der Waals surface area contributed by atoms with E-state index in [0.717, 1.165) is 53.4 Å². The topological polar surface area (TPSA) is 75.8 Å². The van der Waals surface area contributed by atoms with Gasteiger partial charge in [-0.3, -0.25) is 4.79 Å². The Labute approximate surface area is 214 Å². The number of hydrogen-bond donors (Lipinski definition) is 1. The van der Waals surface area contributed by atoms with Gasteiger partial charge < -0.3 is 19.2 Å². The number of fused-ring (bicyclic) bond motifs is 1. The number of carboxylic acids is 1. The van der Waals surface area contributed by atoms with Crippen molar-refractivity contribution in [2.75, 3.05) is 24.6 Å². The quantitative estimate of drug-likeness (QED) is 0.494. The molecule has 0 bridgehead atoms. The van der Waals surface area contributed by atoms with Gasteiger partial charge in [0, 0.05) is 41.3 Å². The fraction of sp³-hybridized carbons (Fsp3) is 0.333. The maximum absolute atomic E-state index is 11.0. The van der Waals surface area contributed by atoms with Crippen LogP contribution in [0.5, 0.6) is 5.75 Å². The summed E-state index contributed by atoms with van der Waals surface area (Å²) in [5, 5.41) is 9.68. The number of benzene rings is 2. The van der Waals surface area contributed by atoms with E-state index < -0.39 is 5.97 Å². The monoisotopic (exact) mass is 464 g/mol. The molecule has 6 nitrogen and oxygen atoms in total. The predicted molar refractivity (Wildman–Crippen MR) is 127 cm³/mol. The van der Waals surface area contributed by atoms with Gasteiger partial charge in [-0.25, -0.2) is 4.98 Å². The van der Waals surface area contributed by atoms with Crippen LogP contribution in [0.15, 0.2) is 46.9 Å². The minimum absolute atomic E-state index is 0. The summed E-state index contributed by atoms with van der Waals surface area (Å²) in [7, 11) is 0. The van der Waals surface area contributed by atoms with Crippen LogP contribution in [0.3, 0.4) is 0 Å². The van der Waals surface area contributed by atoms with E-state index in [1.54, 1.807) is 0 Å². The average Bonchev–Trinajstić information content (AvgIpc) is 3.13. The van der Waals surface area contributed by atoms with Crippen molar-refractivity contribution < 1.29 is 19.1 Å². The van der Waals surface area contributed by atoms with Gasteiger partial charge in [0.05, 0.1) is 18.7 Å². The molecule has 8 heteroatoms. The molecule has 1 aliphatic heterocycles. The normalized spacial score (nSPS) is 12.8. The molecule has 0 fully saturated rings. The van der Waals surface area contributed by atoms with Crippen LogP contribution in [-0.4, -0.2) is 65.3 Å². The second kappa shape index (κ2) is 11.2. The van der Waals surface area contributed by atoms with Crippen molar-refractivity contribution in [3.8, 4) is 17.2 Å². The Morgan fingerprint density at radius 1 is 1.25 bits per heavy atom. The molecule has 4 rings (SSSR count). The molecular weight excluding hydrogens is 439 g/mol. The van der Waals surface area contributed by atoms with Gasteiger partial charge in [-0.15, -0.1) is 0 Å². The molecule has 3 aromatic rings. The van der Waals surface area contributed by atoms with Gasteiger partial charge in [0.15, 0.2) is 0 Å². The molecule has 0 aliphatic carbocycles. The van der Waals surface area contributed by atoms with Gasteiger partial charge in [-0.05, 0) is 56.2 Å². The molecular formula is C24H26ClN2NaO4. The fourth-order valence-electron chi connectivity index (χ4n) is 3.90. The summed E-state index contributed by atoms with van der Waals surface area (Å²) in [6.07, 6.45) is 2.68. The van der Waals surface area contributed by atoms with E-state index in [9.17, 15) is 4.79 Å². The third-order valence-corrected chi connectivity index (χ3v) is 5.73. The van der Waals surface area contributed by atoms with Crippen LogP contribution in [-0.2, 0) is 17.6 Å². The number of carbonyl (C=O) groups is 1. The van der Waals surface area contributed by atoms with Gasteiger partial charge in [-0.2, -0.15) is 0 Å². The van der Waals surface area contributed by atoms with E-state index in [0.29, 0.717) is 30.5 Å². The summed E-state index contributed by atoms with van der Waals surface area (Å²) in [5.74, 6) is 1.44. The standard InChI is InChI=1S/C24H25ClN2O4.Na.H/c1-16-20(26-24(31-16)17-7-9-18(25)10-8-17)12-15-30-22-6-2-5-21-19(22)4-3-13-27(21)14-11-23(28)29;;/h2,5-10H,3-4,11-15H2,1H3,(H,28,29);;. The number of aryl methyl sites for hydroxylation is 1. The molecule has 0 radical (unpaired) electrons. The SMILES string of the molecule is Cc1oc(-c2ccc(Cl)cc2)nc1CCOc1cccc2c1CCCN2CCC(=O)O.[NaH]. The number of oxazole rings is 1. The van der Waals surface area contributed by atoms with Crippen molar-refractivity contribution in [1.29, 1.82) is 0 Å². The van der Waals surface area contributed by atoms with Crippen LogP contribution >= 0.6 is 11.6 Å². The number of aromatic nitrogens is 1. The number of anilines is 1. The second-order valence-electron chi connectivity index (χ2n) is 7.62. The second-order valence-corrected chi connectivity index (χ2v) is 8.05. The molecule has 0 spiro atoms. The van der Waals surface area contributed by atoms with Crippen LogP contribution in [0.4, 0.5) is 5.69 Å². The zero-order valence-electron chi connectivity index (χ0n) is 17.4. The Morgan fingerprint density at radius 3 is 2.78 bits per heavy atom. The summed E-state index contributed by atoms with van der Waals surface area (Å²) >= 11 is 5.96. The summed E-state index contributed by atoms with van der Waals surface area (Å²) in [4.78, 5) is 17.7. The van der Waals surface area contributed by atoms with Gasteiger partial charge in [-0.1, -0.05) is 17.7 Å². The third-order valence-electron chi connectivity index (χ3n) is 5.48. The number of aliphatic carboxylic acids is 1. The van der Waals surface area contributed by atoms with Gasteiger partial charge in [0.1, 0.15) is 11.5 Å². The number of nitrogens with zero attached hydrogens (tertiary/aromatic N) is 2. The fourth-order valence-corrected chi connectivity index (χ4v) is 4.03. The van der Waals surface area contributed by atoms with Crippen molar-refractivity contribution in [2.24, 2.45) is 0 Å². The van der Waals surface area contributed by atoms with Gasteiger partial charge in [0.25, 0.3) is 0 Å². The Bertz CT molecular complexity index is 1070. The van der Waals surface area contributed by atoms with Gasteiger partial charge in [0.2, 0.25) is 5.89 Å². The van der Waals surface area contributed by atoms with Crippen molar-refractivity contribution in [3.63, 3.8) is 0 Å². The molecule has 1 aliphatic rings. The summed E-state index contributed by atoms with van der Waals surface area (Å²) < 4.78 is 12.0. The molecule has 164 valence electrons. The Hall–Kier alpha value is -1.99. The van der Waals surface area contributed by atoms with Crippen molar-refractivity contribution >= 4 is 52.8 Å². The Morgan fingerprint density at radius 2 is 2.03 bits per heavy atom. The maximum atomic E-state index is 11.0. The predicted octanol–water partition coefficient (Wildman–Crippen LogP) is 4.50. The van der Waals surface area contributed by atoms with E-state index in [-0.39, 0.29) is 36.0 Å². The molecule has 0 unspecified atom stereocenters. The first-order valence-electron chi connectivity index (χ1n) is 10.4. The van der Waals surface area contributed by atoms with Crippen LogP contribution in [0.25, 0.3) is 11.5 Å².